The highest BCUT2D eigenvalue weighted by molar-refractivity contribution is 6.04. The first kappa shape index (κ1) is 15.6. The first-order valence-corrected chi connectivity index (χ1v) is 8.67. The lowest BCUT2D eigenvalue weighted by Gasteiger charge is -2.18. The van der Waals surface area contributed by atoms with E-state index in [0.29, 0.717) is 0 Å². The molecule has 0 N–H and O–H groups in total. The van der Waals surface area contributed by atoms with Gasteiger partial charge in [0.2, 0.25) is 0 Å². The van der Waals surface area contributed by atoms with Crippen molar-refractivity contribution in [3.63, 3.8) is 0 Å². The summed E-state index contributed by atoms with van der Waals surface area (Å²) in [5.41, 5.74) is 9.63. The second-order valence-electron chi connectivity index (χ2n) is 6.66. The second-order valence-corrected chi connectivity index (χ2v) is 6.66. The Morgan fingerprint density at radius 1 is 0.640 bits per heavy atom. The van der Waals surface area contributed by atoms with Gasteiger partial charge in [-0.3, -0.25) is 4.98 Å². The summed E-state index contributed by atoms with van der Waals surface area (Å²) in [5.74, 6) is 0. The Bertz CT molecular complexity index is 1050. The molecular formula is C24H21N. The van der Waals surface area contributed by atoms with Crippen LogP contribution in [0.2, 0.25) is 0 Å². The number of hydrogen-bond donors (Lipinski definition) is 0. The monoisotopic (exact) mass is 323 g/mol. The van der Waals surface area contributed by atoms with Crippen molar-refractivity contribution in [1.82, 2.24) is 4.98 Å². The molecule has 0 aliphatic rings. The maximum Gasteiger partial charge on any atom is 0.0741 e. The largest absolute Gasteiger partial charge is 0.252 e. The van der Waals surface area contributed by atoms with E-state index in [0.717, 1.165) is 11.2 Å². The van der Waals surface area contributed by atoms with Gasteiger partial charge in [0.25, 0.3) is 0 Å². The van der Waals surface area contributed by atoms with E-state index < -0.39 is 0 Å². The summed E-state index contributed by atoms with van der Waals surface area (Å²) in [6.07, 6.45) is 0. The average molecular weight is 323 g/mol. The third-order valence-electron chi connectivity index (χ3n) is 4.73. The smallest absolute Gasteiger partial charge is 0.0741 e. The highest BCUT2D eigenvalue weighted by Gasteiger charge is 2.17. The van der Waals surface area contributed by atoms with Crippen LogP contribution in [0.15, 0.2) is 72.8 Å². The molecule has 4 aromatic rings. The zero-order chi connectivity index (χ0) is 17.4. The molecule has 0 atom stereocenters. The minimum absolute atomic E-state index is 1.07. The number of nitrogens with zero attached hydrogens (tertiary/aromatic N) is 1. The van der Waals surface area contributed by atoms with Crippen LogP contribution in [-0.4, -0.2) is 4.98 Å². The van der Waals surface area contributed by atoms with Crippen molar-refractivity contribution >= 4 is 10.9 Å². The van der Waals surface area contributed by atoms with Crippen LogP contribution < -0.4 is 0 Å². The molecular weight excluding hydrogens is 302 g/mol. The van der Waals surface area contributed by atoms with Gasteiger partial charge in [-0.15, -0.1) is 0 Å². The van der Waals surface area contributed by atoms with E-state index in [1.54, 1.807) is 0 Å². The fourth-order valence-electron chi connectivity index (χ4n) is 3.70. The number of hydrogen-bond acceptors (Lipinski definition) is 1. The summed E-state index contributed by atoms with van der Waals surface area (Å²) in [5, 5.41) is 1.23. The van der Waals surface area contributed by atoms with Crippen molar-refractivity contribution in [1.29, 1.82) is 0 Å². The Hall–Kier alpha value is -2.93. The molecule has 3 aromatic carbocycles. The first-order chi connectivity index (χ1) is 12.1. The number of aromatic nitrogens is 1. The van der Waals surface area contributed by atoms with Crippen molar-refractivity contribution < 1.29 is 0 Å². The molecule has 122 valence electrons. The molecule has 1 heteroatoms. The molecule has 0 amide bonds. The highest BCUT2D eigenvalue weighted by Crippen LogP contribution is 2.40. The van der Waals surface area contributed by atoms with E-state index in [4.69, 9.17) is 4.98 Å². The van der Waals surface area contributed by atoms with Gasteiger partial charge in [-0.1, -0.05) is 72.3 Å². The standard InChI is InChI=1S/C24H21N/c1-16-14-17(2)24-21(15-16)23(20-12-8-5-9-13-20)22(18(3)25-24)19-10-6-4-7-11-19/h4-15H,1-3H3. The molecule has 0 aliphatic carbocycles. The van der Waals surface area contributed by atoms with E-state index >= 15 is 0 Å². The minimum atomic E-state index is 1.07. The van der Waals surface area contributed by atoms with Crippen LogP contribution in [-0.2, 0) is 0 Å². The van der Waals surface area contributed by atoms with Gasteiger partial charge in [0.15, 0.2) is 0 Å². The van der Waals surface area contributed by atoms with Gasteiger partial charge in [0.05, 0.1) is 5.52 Å². The fraction of sp³-hybridized carbons (Fsp3) is 0.125. The Kier molecular flexibility index (Phi) is 3.85. The summed E-state index contributed by atoms with van der Waals surface area (Å²) < 4.78 is 0. The van der Waals surface area contributed by atoms with Gasteiger partial charge in [-0.25, -0.2) is 0 Å². The van der Waals surface area contributed by atoms with E-state index in [1.165, 1.54) is 38.8 Å². The average Bonchev–Trinajstić information content (AvgIpc) is 2.63. The fourth-order valence-corrected chi connectivity index (χ4v) is 3.70. The van der Waals surface area contributed by atoms with Crippen LogP contribution in [0.5, 0.6) is 0 Å². The molecule has 0 aliphatic heterocycles. The second kappa shape index (κ2) is 6.18. The summed E-state index contributed by atoms with van der Waals surface area (Å²) in [4.78, 5) is 4.98. The molecule has 1 heterocycles. The number of rotatable bonds is 2. The van der Waals surface area contributed by atoms with Crippen LogP contribution in [0.3, 0.4) is 0 Å². The Balaban J connectivity index is 2.20. The maximum absolute atomic E-state index is 4.98. The zero-order valence-corrected chi connectivity index (χ0v) is 14.9. The maximum atomic E-state index is 4.98. The third kappa shape index (κ3) is 2.72. The van der Waals surface area contributed by atoms with Crippen LogP contribution >= 0.6 is 0 Å². The zero-order valence-electron chi connectivity index (χ0n) is 14.9. The normalized spacial score (nSPS) is 11.0. The highest BCUT2D eigenvalue weighted by atomic mass is 14.7. The van der Waals surface area contributed by atoms with Gasteiger partial charge in [-0.05, 0) is 43.5 Å². The lowest BCUT2D eigenvalue weighted by Crippen LogP contribution is -1.97. The lowest BCUT2D eigenvalue weighted by molar-refractivity contribution is 1.24. The number of fused-ring (bicyclic) bond motifs is 1. The summed E-state index contributed by atoms with van der Waals surface area (Å²) >= 11 is 0. The van der Waals surface area contributed by atoms with E-state index in [2.05, 4.69) is 93.6 Å². The van der Waals surface area contributed by atoms with Crippen molar-refractivity contribution in [3.8, 4) is 22.3 Å². The third-order valence-corrected chi connectivity index (χ3v) is 4.73. The van der Waals surface area contributed by atoms with Gasteiger partial charge < -0.3 is 0 Å². The van der Waals surface area contributed by atoms with Crippen LogP contribution in [0.25, 0.3) is 33.2 Å². The molecule has 0 fully saturated rings. The molecule has 0 radical (unpaired) electrons. The molecule has 0 spiro atoms. The van der Waals surface area contributed by atoms with Crippen molar-refractivity contribution in [3.05, 3.63) is 89.6 Å². The summed E-state index contributed by atoms with van der Waals surface area (Å²) in [6.45, 7) is 6.43. The molecule has 0 bridgehead atoms. The van der Waals surface area contributed by atoms with Crippen LogP contribution in [0, 0.1) is 20.8 Å². The number of aryl methyl sites for hydroxylation is 3. The van der Waals surface area contributed by atoms with Gasteiger partial charge >= 0.3 is 0 Å². The quantitative estimate of drug-likeness (QED) is 0.410. The topological polar surface area (TPSA) is 12.9 Å². The molecule has 0 unspecified atom stereocenters. The van der Waals surface area contributed by atoms with Gasteiger partial charge in [0, 0.05) is 22.2 Å². The summed E-state index contributed by atoms with van der Waals surface area (Å²) in [6, 6.07) is 25.7. The molecule has 1 aromatic heterocycles. The van der Waals surface area contributed by atoms with Gasteiger partial charge in [0.1, 0.15) is 0 Å². The molecule has 0 saturated carbocycles. The molecule has 25 heavy (non-hydrogen) atoms. The van der Waals surface area contributed by atoms with E-state index in [-0.39, 0.29) is 0 Å². The number of pyridine rings is 1. The van der Waals surface area contributed by atoms with E-state index in [1.807, 2.05) is 0 Å². The SMILES string of the molecule is Cc1cc(C)c2nc(C)c(-c3ccccc3)c(-c3ccccc3)c2c1. The predicted octanol–water partition coefficient (Wildman–Crippen LogP) is 6.49. The predicted molar refractivity (Wildman–Crippen MR) is 107 cm³/mol. The van der Waals surface area contributed by atoms with Crippen LogP contribution in [0.1, 0.15) is 16.8 Å². The van der Waals surface area contributed by atoms with Gasteiger partial charge in [-0.2, -0.15) is 0 Å². The first-order valence-electron chi connectivity index (χ1n) is 8.67. The lowest BCUT2D eigenvalue weighted by atomic mass is 9.89. The Morgan fingerprint density at radius 2 is 1.20 bits per heavy atom. The molecule has 1 nitrogen and oxygen atoms in total. The number of benzene rings is 3. The van der Waals surface area contributed by atoms with Crippen LogP contribution in [0.4, 0.5) is 0 Å². The Labute approximate surface area is 149 Å². The minimum Gasteiger partial charge on any atom is -0.252 e. The molecule has 0 saturated heterocycles. The van der Waals surface area contributed by atoms with E-state index in [9.17, 15) is 0 Å². The summed E-state index contributed by atoms with van der Waals surface area (Å²) in [7, 11) is 0. The van der Waals surface area contributed by atoms with Crippen molar-refractivity contribution in [2.24, 2.45) is 0 Å². The molecule has 4 rings (SSSR count). The van der Waals surface area contributed by atoms with Crippen molar-refractivity contribution in [2.75, 3.05) is 0 Å². The Morgan fingerprint density at radius 3 is 1.80 bits per heavy atom. The van der Waals surface area contributed by atoms with Crippen molar-refractivity contribution in [2.45, 2.75) is 20.8 Å².